The Morgan fingerprint density at radius 1 is 0.627 bits per heavy atom. The van der Waals surface area contributed by atoms with Gasteiger partial charge in [-0.25, -0.2) is 4.39 Å². The van der Waals surface area contributed by atoms with E-state index in [9.17, 15) is 4.79 Å². The highest BCUT2D eigenvalue weighted by Crippen LogP contribution is 2.49. The number of carbonyl (C=O) groups excluding carboxylic acids is 1. The van der Waals surface area contributed by atoms with Crippen molar-refractivity contribution in [2.24, 2.45) is 0 Å². The van der Waals surface area contributed by atoms with Crippen molar-refractivity contribution in [2.45, 2.75) is 83.0 Å². The summed E-state index contributed by atoms with van der Waals surface area (Å²) in [4.78, 5) is 14.0. The zero-order valence-corrected chi connectivity index (χ0v) is 33.2. The number of Topliss-reactive ketones (excluding diaryl/α,β-unsaturated/α-hetero) is 1. The molecule has 0 aromatic heterocycles. The van der Waals surface area contributed by atoms with Gasteiger partial charge in [0.25, 0.3) is 0 Å². The Kier molecular flexibility index (Phi) is 13.1. The SMILES string of the molecule is CCc1ccc(CC(=O)c2cc3c(cc2F)CO[C@]32O[C@H](COCc3ccccc3)[C@@H](OCc3ccccc3)[C@H](OCc3ccccc3)[C@H]2OCc2ccccc2)cc1. The molecule has 8 heteroatoms. The summed E-state index contributed by atoms with van der Waals surface area (Å²) in [6, 6.07) is 50.5. The summed E-state index contributed by atoms with van der Waals surface area (Å²) in [7, 11) is 0. The predicted molar refractivity (Wildman–Crippen MR) is 223 cm³/mol. The molecule has 0 unspecified atom stereocenters. The number of carbonyl (C=O) groups is 1. The summed E-state index contributed by atoms with van der Waals surface area (Å²) in [6.07, 6.45) is -2.25. The van der Waals surface area contributed by atoms with E-state index in [2.05, 4.69) is 6.92 Å². The first-order chi connectivity index (χ1) is 29.0. The van der Waals surface area contributed by atoms with E-state index in [1.54, 1.807) is 6.07 Å². The molecule has 0 radical (unpaired) electrons. The fraction of sp³-hybridized carbons (Fsp3) is 0.275. The highest BCUT2D eigenvalue weighted by Gasteiger charge is 2.61. The summed E-state index contributed by atoms with van der Waals surface area (Å²) in [5.41, 5.74) is 6.89. The van der Waals surface area contributed by atoms with Crippen molar-refractivity contribution in [3.05, 3.63) is 214 Å². The van der Waals surface area contributed by atoms with E-state index in [0.29, 0.717) is 17.7 Å². The van der Waals surface area contributed by atoms with E-state index < -0.39 is 36.0 Å². The van der Waals surface area contributed by atoms with Crippen LogP contribution in [-0.4, -0.2) is 36.8 Å². The maximum absolute atomic E-state index is 16.0. The van der Waals surface area contributed by atoms with Crippen molar-refractivity contribution < 1.29 is 37.6 Å². The second kappa shape index (κ2) is 19.2. The molecule has 0 saturated carbocycles. The topological polar surface area (TPSA) is 72.5 Å². The van der Waals surface area contributed by atoms with E-state index >= 15 is 4.39 Å². The van der Waals surface area contributed by atoms with Gasteiger partial charge in [-0.15, -0.1) is 0 Å². The number of ether oxygens (including phenoxy) is 6. The molecule has 2 heterocycles. The van der Waals surface area contributed by atoms with Gasteiger partial charge in [0.1, 0.15) is 30.2 Å². The Morgan fingerprint density at radius 2 is 1.14 bits per heavy atom. The van der Waals surface area contributed by atoms with E-state index in [1.165, 1.54) is 6.07 Å². The summed E-state index contributed by atoms with van der Waals surface area (Å²) in [5.74, 6) is -2.58. The highest BCUT2D eigenvalue weighted by molar-refractivity contribution is 5.98. The van der Waals surface area contributed by atoms with Crippen LogP contribution in [0.15, 0.2) is 158 Å². The van der Waals surface area contributed by atoms with Crippen LogP contribution < -0.4 is 0 Å². The second-order valence-electron chi connectivity index (χ2n) is 15.1. The average Bonchev–Trinajstić information content (AvgIpc) is 3.62. The fourth-order valence-electron chi connectivity index (χ4n) is 7.88. The lowest BCUT2D eigenvalue weighted by Crippen LogP contribution is -2.65. The summed E-state index contributed by atoms with van der Waals surface area (Å²) in [5, 5.41) is 0. The van der Waals surface area contributed by atoms with Crippen LogP contribution in [0.1, 0.15) is 61.8 Å². The molecule has 302 valence electrons. The molecule has 0 N–H and O–H groups in total. The monoisotopic (exact) mass is 792 g/mol. The molecule has 0 aliphatic carbocycles. The molecule has 2 aliphatic rings. The van der Waals surface area contributed by atoms with E-state index in [1.807, 2.05) is 146 Å². The standard InChI is InChI=1S/C51H49FO7/c1-2-36-23-25-37(26-24-36)27-46(53)43-29-44-42(28-45(43)52)34-58-51(44)50(57-33-41-21-13-6-14-22-41)49(56-32-40-19-11-5-12-20-40)48(55-31-39-17-9-4-10-18-39)47(59-51)35-54-30-38-15-7-3-8-16-38/h3-26,28-29,47-50H,2,27,30-35H2,1H3/t47-,48-,49+,50-,51+/m1/s1. The van der Waals surface area contributed by atoms with Gasteiger partial charge in [-0.1, -0.05) is 153 Å². The van der Waals surface area contributed by atoms with Crippen LogP contribution in [0.3, 0.4) is 0 Å². The molecule has 1 saturated heterocycles. The first-order valence-electron chi connectivity index (χ1n) is 20.3. The number of rotatable bonds is 17. The number of benzene rings is 6. The Bertz CT molecular complexity index is 2250. The maximum Gasteiger partial charge on any atom is 0.226 e. The third-order valence-corrected chi connectivity index (χ3v) is 11.0. The Hall–Kier alpha value is -5.32. The second-order valence-corrected chi connectivity index (χ2v) is 15.1. The number of fused-ring (bicyclic) bond motifs is 2. The number of hydrogen-bond acceptors (Lipinski definition) is 7. The van der Waals surface area contributed by atoms with Gasteiger partial charge >= 0.3 is 0 Å². The van der Waals surface area contributed by atoms with Crippen LogP contribution >= 0.6 is 0 Å². The third-order valence-electron chi connectivity index (χ3n) is 11.0. The van der Waals surface area contributed by atoms with Crippen LogP contribution in [0.2, 0.25) is 0 Å². The van der Waals surface area contributed by atoms with Crippen molar-refractivity contribution in [2.75, 3.05) is 6.61 Å². The molecule has 2 aliphatic heterocycles. The van der Waals surface area contributed by atoms with Crippen molar-refractivity contribution in [1.29, 1.82) is 0 Å². The molecule has 6 aromatic rings. The first-order valence-corrected chi connectivity index (χ1v) is 20.3. The van der Waals surface area contributed by atoms with Crippen molar-refractivity contribution >= 4 is 5.78 Å². The van der Waals surface area contributed by atoms with Crippen LogP contribution in [0.25, 0.3) is 0 Å². The molecule has 0 bridgehead atoms. The van der Waals surface area contributed by atoms with E-state index in [-0.39, 0.29) is 50.8 Å². The van der Waals surface area contributed by atoms with Crippen molar-refractivity contribution in [3.8, 4) is 0 Å². The minimum absolute atomic E-state index is 0.0307. The van der Waals surface area contributed by atoms with Gasteiger partial charge in [-0.3, -0.25) is 4.79 Å². The van der Waals surface area contributed by atoms with E-state index in [0.717, 1.165) is 39.8 Å². The minimum atomic E-state index is -1.62. The molecule has 7 nitrogen and oxygen atoms in total. The van der Waals surface area contributed by atoms with Gasteiger partial charge in [0, 0.05) is 12.0 Å². The summed E-state index contributed by atoms with van der Waals surface area (Å²) >= 11 is 0. The summed E-state index contributed by atoms with van der Waals surface area (Å²) < 4.78 is 57.1. The maximum atomic E-state index is 16.0. The lowest BCUT2D eigenvalue weighted by Gasteiger charge is -2.51. The quantitative estimate of drug-likeness (QED) is 0.0852. The molecule has 0 amide bonds. The zero-order chi connectivity index (χ0) is 40.4. The van der Waals surface area contributed by atoms with Gasteiger partial charge in [0.05, 0.1) is 45.2 Å². The van der Waals surface area contributed by atoms with Crippen molar-refractivity contribution in [1.82, 2.24) is 0 Å². The van der Waals surface area contributed by atoms with Gasteiger partial charge < -0.3 is 28.4 Å². The van der Waals surface area contributed by atoms with E-state index in [4.69, 9.17) is 28.4 Å². The Balaban J connectivity index is 1.20. The number of ketones is 1. The molecular weight excluding hydrogens is 744 g/mol. The minimum Gasteiger partial charge on any atom is -0.374 e. The average molecular weight is 793 g/mol. The Morgan fingerprint density at radius 3 is 1.69 bits per heavy atom. The number of hydrogen-bond donors (Lipinski definition) is 0. The Labute approximate surface area is 345 Å². The van der Waals surface area contributed by atoms with Gasteiger partial charge in [0.15, 0.2) is 5.78 Å². The van der Waals surface area contributed by atoms with Gasteiger partial charge in [-0.2, -0.15) is 0 Å². The van der Waals surface area contributed by atoms with Crippen LogP contribution in [-0.2, 0) is 80.1 Å². The first kappa shape index (κ1) is 40.5. The normalized spacial score (nSPS) is 21.1. The molecule has 8 rings (SSSR count). The largest absolute Gasteiger partial charge is 0.374 e. The highest BCUT2D eigenvalue weighted by atomic mass is 19.1. The van der Waals surface area contributed by atoms with Crippen LogP contribution in [0, 0.1) is 5.82 Å². The molecular formula is C51H49FO7. The van der Waals surface area contributed by atoms with Gasteiger partial charge in [-0.05, 0) is 57.5 Å². The van der Waals surface area contributed by atoms with Crippen molar-refractivity contribution in [3.63, 3.8) is 0 Å². The predicted octanol–water partition coefficient (Wildman–Crippen LogP) is 9.87. The van der Waals surface area contributed by atoms with Gasteiger partial charge in [0.2, 0.25) is 5.79 Å². The third kappa shape index (κ3) is 9.61. The molecule has 1 spiro atoms. The lowest BCUT2D eigenvalue weighted by atomic mass is 9.85. The zero-order valence-electron chi connectivity index (χ0n) is 33.2. The fourth-order valence-corrected chi connectivity index (χ4v) is 7.88. The number of aryl methyl sites for hydroxylation is 1. The smallest absolute Gasteiger partial charge is 0.226 e. The molecule has 1 fully saturated rings. The van der Waals surface area contributed by atoms with Crippen LogP contribution in [0.5, 0.6) is 0 Å². The molecule has 59 heavy (non-hydrogen) atoms. The summed E-state index contributed by atoms with van der Waals surface area (Å²) in [6.45, 7) is 3.28. The molecule has 5 atom stereocenters. The molecule has 6 aromatic carbocycles. The number of halogens is 1. The van der Waals surface area contributed by atoms with Crippen LogP contribution in [0.4, 0.5) is 4.39 Å². The lowest BCUT2D eigenvalue weighted by molar-refractivity contribution is -0.387.